The van der Waals surface area contributed by atoms with Gasteiger partial charge >= 0.3 is 12.0 Å². The number of carboxylic acid groups (broad SMARTS) is 1. The molecule has 0 aliphatic carbocycles. The number of urea groups is 1. The lowest BCUT2D eigenvalue weighted by molar-refractivity contribution is -0.138. The Labute approximate surface area is 119 Å². The van der Waals surface area contributed by atoms with Gasteiger partial charge in [0.2, 0.25) is 0 Å². The van der Waals surface area contributed by atoms with Crippen LogP contribution in [0, 0.1) is 0 Å². The molecule has 0 spiro atoms. The van der Waals surface area contributed by atoms with E-state index in [4.69, 9.17) is 5.11 Å². The molecule has 0 unspecified atom stereocenters. The maximum absolute atomic E-state index is 11.7. The smallest absolute Gasteiger partial charge is 0.315 e. The van der Waals surface area contributed by atoms with Gasteiger partial charge in [0.1, 0.15) is 0 Å². The summed E-state index contributed by atoms with van der Waals surface area (Å²) < 4.78 is 0. The number of aliphatic carboxylic acids is 1. The molecule has 3 N–H and O–H groups in total. The Hall–Kier alpha value is -2.04. The molecule has 0 heterocycles. The van der Waals surface area contributed by atoms with Gasteiger partial charge in [0.25, 0.3) is 0 Å². The van der Waals surface area contributed by atoms with E-state index < -0.39 is 11.5 Å². The van der Waals surface area contributed by atoms with Gasteiger partial charge in [-0.1, -0.05) is 31.2 Å². The highest BCUT2D eigenvalue weighted by atomic mass is 16.4. The molecule has 0 aromatic heterocycles. The van der Waals surface area contributed by atoms with Gasteiger partial charge in [0, 0.05) is 12.1 Å². The number of amides is 2. The average Bonchev–Trinajstić information content (AvgIpc) is 2.34. The van der Waals surface area contributed by atoms with Crippen LogP contribution in [0.2, 0.25) is 0 Å². The number of hydrogen-bond donors (Lipinski definition) is 3. The summed E-state index contributed by atoms with van der Waals surface area (Å²) in [6.07, 6.45) is 0.864. The van der Waals surface area contributed by atoms with Crippen molar-refractivity contribution in [1.82, 2.24) is 10.6 Å². The van der Waals surface area contributed by atoms with Crippen molar-refractivity contribution in [3.8, 4) is 0 Å². The largest absolute Gasteiger partial charge is 0.481 e. The molecule has 0 saturated heterocycles. The summed E-state index contributed by atoms with van der Waals surface area (Å²) in [4.78, 5) is 22.4. The van der Waals surface area contributed by atoms with Gasteiger partial charge in [-0.3, -0.25) is 4.79 Å². The van der Waals surface area contributed by atoms with E-state index in [2.05, 4.69) is 17.6 Å². The lowest BCUT2D eigenvalue weighted by atomic mass is 10.0. The average molecular weight is 278 g/mol. The summed E-state index contributed by atoms with van der Waals surface area (Å²) in [5, 5.41) is 14.1. The van der Waals surface area contributed by atoms with Crippen LogP contribution in [0.25, 0.3) is 0 Å². The molecule has 0 fully saturated rings. The Morgan fingerprint density at radius 1 is 1.15 bits per heavy atom. The van der Waals surface area contributed by atoms with Gasteiger partial charge in [-0.15, -0.1) is 0 Å². The molecule has 5 heteroatoms. The lowest BCUT2D eigenvalue weighted by Crippen LogP contribution is -2.49. The number of rotatable bonds is 6. The number of benzene rings is 1. The van der Waals surface area contributed by atoms with E-state index in [1.807, 2.05) is 24.3 Å². The molecule has 1 aromatic rings. The first-order valence-electron chi connectivity index (χ1n) is 6.68. The topological polar surface area (TPSA) is 78.4 Å². The zero-order valence-electron chi connectivity index (χ0n) is 12.2. The van der Waals surface area contributed by atoms with E-state index in [0.29, 0.717) is 6.54 Å². The fraction of sp³-hybridized carbons (Fsp3) is 0.467. The normalized spacial score (nSPS) is 10.9. The van der Waals surface area contributed by atoms with Crippen molar-refractivity contribution in [2.75, 3.05) is 0 Å². The molecule has 1 aromatic carbocycles. The molecular formula is C15H22N2O3. The summed E-state index contributed by atoms with van der Waals surface area (Å²) in [5.41, 5.74) is 1.48. The first kappa shape index (κ1) is 16.0. The first-order chi connectivity index (χ1) is 9.32. The van der Waals surface area contributed by atoms with E-state index in [9.17, 15) is 9.59 Å². The highest BCUT2D eigenvalue weighted by Crippen LogP contribution is 2.08. The third kappa shape index (κ3) is 5.73. The summed E-state index contributed by atoms with van der Waals surface area (Å²) in [6.45, 7) is 5.86. The molecule has 5 nitrogen and oxygen atoms in total. The number of carbonyl (C=O) groups is 2. The van der Waals surface area contributed by atoms with Crippen LogP contribution in [0.3, 0.4) is 0 Å². The SMILES string of the molecule is CCc1ccc(CNC(=O)NC(C)(C)CC(=O)O)cc1. The van der Waals surface area contributed by atoms with Crippen molar-refractivity contribution in [3.05, 3.63) is 35.4 Å². The molecule has 0 aliphatic heterocycles. The summed E-state index contributed by atoms with van der Waals surface area (Å²) in [6, 6.07) is 7.64. The first-order valence-corrected chi connectivity index (χ1v) is 6.68. The molecule has 0 aliphatic rings. The molecule has 0 bridgehead atoms. The standard InChI is InChI=1S/C15H22N2O3/c1-4-11-5-7-12(8-6-11)10-16-14(20)17-15(2,3)9-13(18)19/h5-8H,4,9-10H2,1-3H3,(H,18,19)(H2,16,17,20). The second-order valence-electron chi connectivity index (χ2n) is 5.43. The quantitative estimate of drug-likeness (QED) is 0.747. The van der Waals surface area contributed by atoms with Crippen molar-refractivity contribution in [3.63, 3.8) is 0 Å². The van der Waals surface area contributed by atoms with Crippen LogP contribution in [-0.4, -0.2) is 22.6 Å². The van der Waals surface area contributed by atoms with Gasteiger partial charge in [-0.05, 0) is 31.4 Å². The summed E-state index contributed by atoms with van der Waals surface area (Å²) in [7, 11) is 0. The molecule has 110 valence electrons. The summed E-state index contributed by atoms with van der Waals surface area (Å²) >= 11 is 0. The molecule has 2 amide bonds. The zero-order chi connectivity index (χ0) is 15.2. The molecular weight excluding hydrogens is 256 g/mol. The third-order valence-electron chi connectivity index (χ3n) is 2.93. The van der Waals surface area contributed by atoms with Crippen molar-refractivity contribution in [2.45, 2.75) is 45.7 Å². The van der Waals surface area contributed by atoms with Crippen molar-refractivity contribution in [1.29, 1.82) is 0 Å². The van der Waals surface area contributed by atoms with E-state index in [-0.39, 0.29) is 12.5 Å². The lowest BCUT2D eigenvalue weighted by Gasteiger charge is -2.24. The Morgan fingerprint density at radius 3 is 2.20 bits per heavy atom. The Morgan fingerprint density at radius 2 is 1.70 bits per heavy atom. The van der Waals surface area contributed by atoms with Crippen LogP contribution in [0.1, 0.15) is 38.3 Å². The fourth-order valence-electron chi connectivity index (χ4n) is 1.85. The molecule has 20 heavy (non-hydrogen) atoms. The predicted octanol–water partition coefficient (Wildman–Crippen LogP) is 2.30. The van der Waals surface area contributed by atoms with Crippen LogP contribution in [0.5, 0.6) is 0 Å². The second-order valence-corrected chi connectivity index (χ2v) is 5.43. The minimum absolute atomic E-state index is 0.119. The Bertz CT molecular complexity index is 467. The Kier molecular flexibility index (Phi) is 5.55. The fourth-order valence-corrected chi connectivity index (χ4v) is 1.85. The molecule has 0 saturated carbocycles. The van der Waals surface area contributed by atoms with Crippen LogP contribution >= 0.6 is 0 Å². The minimum Gasteiger partial charge on any atom is -0.481 e. The number of carbonyl (C=O) groups excluding carboxylic acids is 1. The second kappa shape index (κ2) is 6.93. The van der Waals surface area contributed by atoms with Gasteiger partial charge in [0.05, 0.1) is 6.42 Å². The van der Waals surface area contributed by atoms with E-state index in [1.165, 1.54) is 5.56 Å². The van der Waals surface area contributed by atoms with E-state index in [1.54, 1.807) is 13.8 Å². The predicted molar refractivity (Wildman–Crippen MR) is 77.5 cm³/mol. The van der Waals surface area contributed by atoms with Gasteiger partial charge in [-0.25, -0.2) is 4.79 Å². The van der Waals surface area contributed by atoms with Gasteiger partial charge < -0.3 is 15.7 Å². The highest BCUT2D eigenvalue weighted by Gasteiger charge is 2.23. The van der Waals surface area contributed by atoms with Crippen LogP contribution in [0.4, 0.5) is 4.79 Å². The van der Waals surface area contributed by atoms with Gasteiger partial charge in [-0.2, -0.15) is 0 Å². The van der Waals surface area contributed by atoms with Crippen LogP contribution in [0.15, 0.2) is 24.3 Å². The minimum atomic E-state index is -0.939. The monoisotopic (exact) mass is 278 g/mol. The number of nitrogens with one attached hydrogen (secondary N) is 2. The van der Waals surface area contributed by atoms with Gasteiger partial charge in [0.15, 0.2) is 0 Å². The van der Waals surface area contributed by atoms with Crippen molar-refractivity contribution in [2.24, 2.45) is 0 Å². The number of carboxylic acids is 1. The van der Waals surface area contributed by atoms with E-state index in [0.717, 1.165) is 12.0 Å². The maximum atomic E-state index is 11.7. The van der Waals surface area contributed by atoms with Crippen LogP contribution in [-0.2, 0) is 17.8 Å². The highest BCUT2D eigenvalue weighted by molar-refractivity contribution is 5.76. The van der Waals surface area contributed by atoms with Crippen molar-refractivity contribution >= 4 is 12.0 Å². The Balaban J connectivity index is 2.44. The maximum Gasteiger partial charge on any atom is 0.315 e. The van der Waals surface area contributed by atoms with Crippen molar-refractivity contribution < 1.29 is 14.7 Å². The summed E-state index contributed by atoms with van der Waals surface area (Å²) in [5.74, 6) is -0.939. The number of aryl methyl sites for hydroxylation is 1. The zero-order valence-corrected chi connectivity index (χ0v) is 12.2. The molecule has 0 radical (unpaired) electrons. The van der Waals surface area contributed by atoms with E-state index >= 15 is 0 Å². The molecule has 1 rings (SSSR count). The number of hydrogen-bond acceptors (Lipinski definition) is 2. The van der Waals surface area contributed by atoms with Crippen LogP contribution < -0.4 is 10.6 Å². The third-order valence-corrected chi connectivity index (χ3v) is 2.93. The molecule has 0 atom stereocenters.